The van der Waals surface area contributed by atoms with Gasteiger partial charge < -0.3 is 10.1 Å². The second-order valence-electron chi connectivity index (χ2n) is 5.16. The van der Waals surface area contributed by atoms with E-state index in [-0.39, 0.29) is 11.9 Å². The van der Waals surface area contributed by atoms with Gasteiger partial charge in [0.25, 0.3) is 0 Å². The number of ether oxygens (including phenoxy) is 1. The smallest absolute Gasteiger partial charge is 0.328 e. The molecule has 114 valence electrons. The molecule has 2 aromatic rings. The molecule has 0 aliphatic rings. The standard InChI is InChI=1S/C14H21N5O2/c1-6-8(2)11(14(20)21-5)18-12-10-7-15-19(4)13(10)17-9(3)16-12/h7-8,11H,6H2,1-5H3,(H,16,17,18)/t8-,11-/m0/s1. The number of aromatic nitrogens is 4. The van der Waals surface area contributed by atoms with Crippen molar-refractivity contribution in [1.82, 2.24) is 19.7 Å². The number of rotatable bonds is 5. The first-order valence-electron chi connectivity index (χ1n) is 6.98. The quantitative estimate of drug-likeness (QED) is 0.844. The zero-order valence-corrected chi connectivity index (χ0v) is 13.0. The third-order valence-corrected chi connectivity index (χ3v) is 3.66. The van der Waals surface area contributed by atoms with Gasteiger partial charge in [-0.2, -0.15) is 5.10 Å². The summed E-state index contributed by atoms with van der Waals surface area (Å²) in [4.78, 5) is 20.8. The molecule has 2 heterocycles. The van der Waals surface area contributed by atoms with E-state index >= 15 is 0 Å². The highest BCUT2D eigenvalue weighted by atomic mass is 16.5. The van der Waals surface area contributed by atoms with E-state index in [0.717, 1.165) is 17.5 Å². The summed E-state index contributed by atoms with van der Waals surface area (Å²) in [5, 5.41) is 8.18. The normalized spacial score (nSPS) is 14.0. The highest BCUT2D eigenvalue weighted by molar-refractivity contribution is 5.89. The molecule has 7 heteroatoms. The number of anilines is 1. The Balaban J connectivity index is 2.43. The highest BCUT2D eigenvalue weighted by Gasteiger charge is 2.26. The van der Waals surface area contributed by atoms with Crippen molar-refractivity contribution in [2.24, 2.45) is 13.0 Å². The molecule has 21 heavy (non-hydrogen) atoms. The Kier molecular flexibility index (Phi) is 4.40. The molecule has 1 N–H and O–H groups in total. The molecule has 2 rings (SSSR count). The van der Waals surface area contributed by atoms with Crippen molar-refractivity contribution in [1.29, 1.82) is 0 Å². The molecular formula is C14H21N5O2. The van der Waals surface area contributed by atoms with Gasteiger partial charge in [0.15, 0.2) is 5.65 Å². The number of esters is 1. The van der Waals surface area contributed by atoms with Crippen LogP contribution >= 0.6 is 0 Å². The van der Waals surface area contributed by atoms with E-state index in [2.05, 4.69) is 20.4 Å². The first-order valence-corrected chi connectivity index (χ1v) is 6.98. The topological polar surface area (TPSA) is 81.9 Å². The van der Waals surface area contributed by atoms with Crippen molar-refractivity contribution < 1.29 is 9.53 Å². The maximum absolute atomic E-state index is 12.0. The number of carbonyl (C=O) groups is 1. The number of nitrogens with one attached hydrogen (secondary N) is 1. The SMILES string of the molecule is CC[C@H](C)[C@H](Nc1nc(C)nc2c1cnn2C)C(=O)OC. The van der Waals surface area contributed by atoms with Gasteiger partial charge in [-0.05, 0) is 12.8 Å². The molecule has 0 aromatic carbocycles. The highest BCUT2D eigenvalue weighted by Crippen LogP contribution is 2.22. The molecule has 2 aromatic heterocycles. The van der Waals surface area contributed by atoms with Crippen LogP contribution in [0.5, 0.6) is 0 Å². The van der Waals surface area contributed by atoms with E-state index in [9.17, 15) is 4.79 Å². The van der Waals surface area contributed by atoms with Gasteiger partial charge in [0.05, 0.1) is 18.7 Å². The minimum atomic E-state index is -0.447. The minimum absolute atomic E-state index is 0.124. The van der Waals surface area contributed by atoms with Crippen molar-refractivity contribution in [2.75, 3.05) is 12.4 Å². The van der Waals surface area contributed by atoms with E-state index < -0.39 is 6.04 Å². The van der Waals surface area contributed by atoms with Crippen LogP contribution in [0.1, 0.15) is 26.1 Å². The Labute approximate surface area is 123 Å². The van der Waals surface area contributed by atoms with Gasteiger partial charge in [-0.1, -0.05) is 20.3 Å². The van der Waals surface area contributed by atoms with Crippen LogP contribution < -0.4 is 5.32 Å². The third kappa shape index (κ3) is 2.96. The lowest BCUT2D eigenvalue weighted by Crippen LogP contribution is -2.37. The summed E-state index contributed by atoms with van der Waals surface area (Å²) in [6.07, 6.45) is 2.55. The van der Waals surface area contributed by atoms with Crippen LogP contribution in [-0.2, 0) is 16.6 Å². The Morgan fingerprint density at radius 3 is 2.81 bits per heavy atom. The Bertz CT molecular complexity index is 652. The van der Waals surface area contributed by atoms with Crippen LogP contribution in [0.15, 0.2) is 6.20 Å². The van der Waals surface area contributed by atoms with E-state index in [4.69, 9.17) is 4.74 Å². The van der Waals surface area contributed by atoms with Gasteiger partial charge in [-0.25, -0.2) is 14.8 Å². The largest absolute Gasteiger partial charge is 0.467 e. The molecule has 0 spiro atoms. The van der Waals surface area contributed by atoms with Gasteiger partial charge in [0, 0.05) is 7.05 Å². The molecule has 0 unspecified atom stereocenters. The van der Waals surface area contributed by atoms with Crippen LogP contribution in [0.4, 0.5) is 5.82 Å². The molecule has 0 saturated heterocycles. The number of nitrogens with zero attached hydrogens (tertiary/aromatic N) is 4. The maximum Gasteiger partial charge on any atom is 0.328 e. The van der Waals surface area contributed by atoms with Gasteiger partial charge in [0.2, 0.25) is 0 Å². The molecule has 0 bridgehead atoms. The summed E-state index contributed by atoms with van der Waals surface area (Å²) in [7, 11) is 3.22. The van der Waals surface area contributed by atoms with Crippen LogP contribution in [0, 0.1) is 12.8 Å². The van der Waals surface area contributed by atoms with Crippen molar-refractivity contribution in [3.63, 3.8) is 0 Å². The maximum atomic E-state index is 12.0. The van der Waals surface area contributed by atoms with Crippen molar-refractivity contribution in [3.05, 3.63) is 12.0 Å². The fraction of sp³-hybridized carbons (Fsp3) is 0.571. The predicted octanol–water partition coefficient (Wildman–Crippen LogP) is 1.67. The fourth-order valence-corrected chi connectivity index (χ4v) is 2.18. The van der Waals surface area contributed by atoms with E-state index in [0.29, 0.717) is 11.6 Å². The summed E-state index contributed by atoms with van der Waals surface area (Å²) in [6, 6.07) is -0.447. The van der Waals surface area contributed by atoms with Crippen LogP contribution in [0.2, 0.25) is 0 Å². The van der Waals surface area contributed by atoms with Gasteiger partial charge in [-0.3, -0.25) is 4.68 Å². The summed E-state index contributed by atoms with van der Waals surface area (Å²) in [6.45, 7) is 5.85. The Hall–Kier alpha value is -2.18. The zero-order chi connectivity index (χ0) is 15.6. The predicted molar refractivity (Wildman–Crippen MR) is 79.9 cm³/mol. The number of hydrogen-bond acceptors (Lipinski definition) is 6. The molecule has 0 radical (unpaired) electrons. The van der Waals surface area contributed by atoms with Gasteiger partial charge in [0.1, 0.15) is 17.7 Å². The number of fused-ring (bicyclic) bond motifs is 1. The zero-order valence-electron chi connectivity index (χ0n) is 13.0. The van der Waals surface area contributed by atoms with E-state index in [1.165, 1.54) is 7.11 Å². The fourth-order valence-electron chi connectivity index (χ4n) is 2.18. The average Bonchev–Trinajstić information content (AvgIpc) is 2.84. The lowest BCUT2D eigenvalue weighted by atomic mass is 9.99. The Morgan fingerprint density at radius 2 is 2.19 bits per heavy atom. The molecule has 2 atom stereocenters. The molecule has 0 fully saturated rings. The molecule has 7 nitrogen and oxygen atoms in total. The monoisotopic (exact) mass is 291 g/mol. The first-order chi connectivity index (χ1) is 9.97. The van der Waals surface area contributed by atoms with Crippen LogP contribution in [0.3, 0.4) is 0 Å². The second kappa shape index (κ2) is 6.07. The van der Waals surface area contributed by atoms with Gasteiger partial charge in [-0.15, -0.1) is 0 Å². The second-order valence-corrected chi connectivity index (χ2v) is 5.16. The van der Waals surface area contributed by atoms with Crippen LogP contribution in [-0.4, -0.2) is 38.9 Å². The van der Waals surface area contributed by atoms with E-state index in [1.54, 1.807) is 10.9 Å². The first kappa shape index (κ1) is 15.2. The summed E-state index contributed by atoms with van der Waals surface area (Å²) in [5.41, 5.74) is 0.734. The van der Waals surface area contributed by atoms with E-state index in [1.807, 2.05) is 27.8 Å². The average molecular weight is 291 g/mol. The summed E-state index contributed by atoms with van der Waals surface area (Å²) in [5.74, 6) is 1.07. The number of hydrogen-bond donors (Lipinski definition) is 1. The number of methoxy groups -OCH3 is 1. The molecule has 0 aliphatic carbocycles. The van der Waals surface area contributed by atoms with Gasteiger partial charge >= 0.3 is 5.97 Å². The van der Waals surface area contributed by atoms with Crippen LogP contribution in [0.25, 0.3) is 11.0 Å². The van der Waals surface area contributed by atoms with Crippen molar-refractivity contribution in [2.45, 2.75) is 33.2 Å². The number of aryl methyl sites for hydroxylation is 2. The van der Waals surface area contributed by atoms with Crippen molar-refractivity contribution >= 4 is 22.8 Å². The Morgan fingerprint density at radius 1 is 1.48 bits per heavy atom. The molecule has 0 saturated carbocycles. The number of carbonyl (C=O) groups excluding carboxylic acids is 1. The van der Waals surface area contributed by atoms with Crippen molar-refractivity contribution in [3.8, 4) is 0 Å². The lowest BCUT2D eigenvalue weighted by molar-refractivity contribution is -0.142. The molecule has 0 aliphatic heterocycles. The summed E-state index contributed by atoms with van der Waals surface area (Å²) >= 11 is 0. The third-order valence-electron chi connectivity index (χ3n) is 3.66. The molecular weight excluding hydrogens is 270 g/mol. The lowest BCUT2D eigenvalue weighted by Gasteiger charge is -2.22. The summed E-state index contributed by atoms with van der Waals surface area (Å²) < 4.78 is 6.58. The molecule has 0 amide bonds. The minimum Gasteiger partial charge on any atom is -0.467 e.